The molecule has 0 atom stereocenters. The average Bonchev–Trinajstić information content (AvgIpc) is 2.88. The molecule has 1 amide bonds. The highest BCUT2D eigenvalue weighted by atomic mass is 32.1. The third-order valence-corrected chi connectivity index (χ3v) is 6.39. The first-order chi connectivity index (χ1) is 14.0. The third-order valence-electron chi connectivity index (χ3n) is 5.19. The van der Waals surface area contributed by atoms with Crippen molar-refractivity contribution in [3.63, 3.8) is 0 Å². The first kappa shape index (κ1) is 19.3. The molecule has 1 aliphatic rings. The summed E-state index contributed by atoms with van der Waals surface area (Å²) < 4.78 is 10.4. The number of thiophene rings is 1. The number of hydrogen-bond acceptors (Lipinski definition) is 6. The fourth-order valence-corrected chi connectivity index (χ4v) is 5.05. The van der Waals surface area contributed by atoms with E-state index in [2.05, 4.69) is 10.3 Å². The smallest absolute Gasteiger partial charge is 0.265 e. The van der Waals surface area contributed by atoms with Crippen LogP contribution < -0.4 is 20.3 Å². The maximum absolute atomic E-state index is 12.9. The van der Waals surface area contributed by atoms with Gasteiger partial charge in [-0.05, 0) is 31.2 Å². The summed E-state index contributed by atoms with van der Waals surface area (Å²) in [4.78, 5) is 30.1. The summed E-state index contributed by atoms with van der Waals surface area (Å²) in [6.07, 6.45) is 5.03. The van der Waals surface area contributed by atoms with Crippen LogP contribution in [0.5, 0.6) is 17.2 Å². The van der Waals surface area contributed by atoms with Crippen LogP contribution in [0.15, 0.2) is 23.0 Å². The fourth-order valence-electron chi connectivity index (χ4n) is 3.76. The fraction of sp³-hybridized carbons (Fsp3) is 0.333. The van der Waals surface area contributed by atoms with Crippen LogP contribution in [0.25, 0.3) is 10.2 Å². The number of carbonyl (C=O) groups excluding carboxylic acids is 1. The van der Waals surface area contributed by atoms with Crippen LogP contribution in [0, 0.1) is 0 Å². The number of benzene rings is 1. The average molecular weight is 414 g/mol. The van der Waals surface area contributed by atoms with Gasteiger partial charge in [-0.15, -0.1) is 11.3 Å². The van der Waals surface area contributed by atoms with Crippen molar-refractivity contribution in [2.24, 2.45) is 0 Å². The number of rotatable bonds is 4. The van der Waals surface area contributed by atoms with E-state index in [1.807, 2.05) is 0 Å². The monoisotopic (exact) mass is 414 g/mol. The number of pyridine rings is 1. The van der Waals surface area contributed by atoms with Crippen LogP contribution in [-0.2, 0) is 12.8 Å². The number of aromatic nitrogens is 1. The molecule has 0 spiro atoms. The highest BCUT2D eigenvalue weighted by Crippen LogP contribution is 2.39. The second kappa shape index (κ2) is 7.79. The molecule has 3 N–H and O–H groups in total. The molecule has 7 nitrogen and oxygen atoms in total. The number of hydrogen-bond donors (Lipinski definition) is 3. The van der Waals surface area contributed by atoms with E-state index in [0.717, 1.165) is 37.7 Å². The number of aromatic amines is 1. The number of methoxy groups -OCH3 is 2. The first-order valence-corrected chi connectivity index (χ1v) is 10.3. The quantitative estimate of drug-likeness (QED) is 0.563. The molecule has 152 valence electrons. The number of carbonyl (C=O) groups is 1. The van der Waals surface area contributed by atoms with Crippen molar-refractivity contribution in [1.29, 1.82) is 0 Å². The Morgan fingerprint density at radius 1 is 1.10 bits per heavy atom. The molecule has 1 aromatic carbocycles. The Hall–Kier alpha value is -3.00. The van der Waals surface area contributed by atoms with E-state index in [1.165, 1.54) is 30.4 Å². The minimum atomic E-state index is -0.686. The van der Waals surface area contributed by atoms with E-state index in [9.17, 15) is 14.7 Å². The van der Waals surface area contributed by atoms with Gasteiger partial charge in [-0.25, -0.2) is 0 Å². The van der Waals surface area contributed by atoms with Crippen molar-refractivity contribution in [2.45, 2.75) is 32.1 Å². The van der Waals surface area contributed by atoms with Gasteiger partial charge in [0.25, 0.3) is 11.5 Å². The van der Waals surface area contributed by atoms with Crippen molar-refractivity contribution < 1.29 is 19.4 Å². The van der Waals surface area contributed by atoms with E-state index in [1.54, 1.807) is 18.2 Å². The van der Waals surface area contributed by atoms with E-state index in [-0.39, 0.29) is 11.3 Å². The van der Waals surface area contributed by atoms with Gasteiger partial charge in [-0.1, -0.05) is 6.42 Å². The largest absolute Gasteiger partial charge is 0.506 e. The molecule has 0 fully saturated rings. The van der Waals surface area contributed by atoms with Crippen molar-refractivity contribution in [3.05, 3.63) is 44.6 Å². The highest BCUT2D eigenvalue weighted by Gasteiger charge is 2.25. The summed E-state index contributed by atoms with van der Waals surface area (Å²) >= 11 is 1.50. The Morgan fingerprint density at radius 2 is 1.79 bits per heavy atom. The number of anilines is 1. The molecule has 0 radical (unpaired) electrons. The highest BCUT2D eigenvalue weighted by molar-refractivity contribution is 7.18. The molecular weight excluding hydrogens is 392 g/mol. The second-order valence-corrected chi connectivity index (χ2v) is 8.11. The molecule has 0 bridgehead atoms. The van der Waals surface area contributed by atoms with Gasteiger partial charge in [0.05, 0.1) is 19.6 Å². The maximum atomic E-state index is 12.9. The molecule has 0 unspecified atom stereocenters. The molecule has 0 aliphatic heterocycles. The van der Waals surface area contributed by atoms with Gasteiger partial charge in [0.15, 0.2) is 0 Å². The zero-order valence-electron chi connectivity index (χ0n) is 16.3. The van der Waals surface area contributed by atoms with Crippen molar-refractivity contribution >= 4 is 33.1 Å². The Bertz CT molecular complexity index is 1130. The van der Waals surface area contributed by atoms with Crippen LogP contribution in [0.2, 0.25) is 0 Å². The van der Waals surface area contributed by atoms with Crippen LogP contribution in [0.3, 0.4) is 0 Å². The van der Waals surface area contributed by atoms with Gasteiger partial charge in [0.2, 0.25) is 0 Å². The summed E-state index contributed by atoms with van der Waals surface area (Å²) in [6.45, 7) is 0. The van der Waals surface area contributed by atoms with Crippen LogP contribution in [0.1, 0.15) is 40.1 Å². The van der Waals surface area contributed by atoms with Gasteiger partial charge >= 0.3 is 0 Å². The lowest BCUT2D eigenvalue weighted by Gasteiger charge is -2.11. The molecule has 0 saturated carbocycles. The normalized spacial score (nSPS) is 13.6. The Labute approximate surface area is 171 Å². The number of amides is 1. The summed E-state index contributed by atoms with van der Waals surface area (Å²) in [5.41, 5.74) is 0.547. The Kier molecular flexibility index (Phi) is 5.19. The molecular formula is C21H22N2O5S. The van der Waals surface area contributed by atoms with E-state index in [4.69, 9.17) is 9.47 Å². The summed E-state index contributed by atoms with van der Waals surface area (Å²) in [5, 5.41) is 14.2. The lowest BCUT2D eigenvalue weighted by atomic mass is 10.0. The van der Waals surface area contributed by atoms with E-state index < -0.39 is 11.5 Å². The van der Waals surface area contributed by atoms with Crippen LogP contribution in [0.4, 0.5) is 5.69 Å². The third kappa shape index (κ3) is 3.55. The molecule has 29 heavy (non-hydrogen) atoms. The van der Waals surface area contributed by atoms with Gasteiger partial charge < -0.3 is 24.9 Å². The number of ether oxygens (including phenoxy) is 2. The molecule has 2 aromatic heterocycles. The number of H-pyrrole nitrogens is 1. The standard InChI is InChI=1S/C21H22N2O5S/c1-27-12-8-11(9-13(10-12)28-2)22-19(25)17-18(24)16-14-6-4-3-5-7-15(14)29-21(16)23-20(17)26/h8-10H,3-7H2,1-2H3,(H,22,25)(H2,23,24,26). The predicted octanol–water partition coefficient (Wildman–Crippen LogP) is 3.83. The molecule has 2 heterocycles. The summed E-state index contributed by atoms with van der Waals surface area (Å²) in [6, 6.07) is 4.90. The predicted molar refractivity (Wildman–Crippen MR) is 113 cm³/mol. The van der Waals surface area contributed by atoms with E-state index >= 15 is 0 Å². The Morgan fingerprint density at radius 3 is 2.48 bits per heavy atom. The van der Waals surface area contributed by atoms with Gasteiger partial charge in [0, 0.05) is 28.8 Å². The number of aryl methyl sites for hydroxylation is 2. The van der Waals surface area contributed by atoms with Gasteiger partial charge in [0.1, 0.15) is 27.6 Å². The van der Waals surface area contributed by atoms with Gasteiger partial charge in [-0.2, -0.15) is 0 Å². The summed E-state index contributed by atoms with van der Waals surface area (Å²) in [5.74, 6) is 0.0535. The van der Waals surface area contributed by atoms with Crippen LogP contribution >= 0.6 is 11.3 Å². The number of nitrogens with one attached hydrogen (secondary N) is 2. The lowest BCUT2D eigenvalue weighted by Crippen LogP contribution is -2.23. The molecule has 8 heteroatoms. The first-order valence-electron chi connectivity index (χ1n) is 9.45. The van der Waals surface area contributed by atoms with Crippen molar-refractivity contribution in [3.8, 4) is 17.2 Å². The zero-order valence-corrected chi connectivity index (χ0v) is 17.1. The zero-order chi connectivity index (χ0) is 20.5. The molecule has 3 aromatic rings. The second-order valence-electron chi connectivity index (χ2n) is 7.00. The lowest BCUT2D eigenvalue weighted by molar-refractivity contribution is 0.102. The SMILES string of the molecule is COc1cc(NC(=O)c2c(O)c3c4c(sc3[nH]c2=O)CCCCC4)cc(OC)c1. The minimum absolute atomic E-state index is 0.254. The minimum Gasteiger partial charge on any atom is -0.506 e. The van der Waals surface area contributed by atoms with Crippen LogP contribution in [-0.4, -0.2) is 30.2 Å². The molecule has 1 aliphatic carbocycles. The van der Waals surface area contributed by atoms with Crippen molar-refractivity contribution in [1.82, 2.24) is 4.98 Å². The number of fused-ring (bicyclic) bond motifs is 3. The van der Waals surface area contributed by atoms with E-state index in [0.29, 0.717) is 27.4 Å². The van der Waals surface area contributed by atoms with Crippen molar-refractivity contribution in [2.75, 3.05) is 19.5 Å². The topological polar surface area (TPSA) is 101 Å². The van der Waals surface area contributed by atoms with Gasteiger partial charge in [-0.3, -0.25) is 9.59 Å². The molecule has 4 rings (SSSR count). The molecule has 0 saturated heterocycles. The maximum Gasteiger partial charge on any atom is 0.265 e. The number of aromatic hydroxyl groups is 1. The summed E-state index contributed by atoms with van der Waals surface area (Å²) in [7, 11) is 3.01. The Balaban J connectivity index is 1.76.